The van der Waals surface area contributed by atoms with Crippen LogP contribution in [0.15, 0.2) is 0 Å². The van der Waals surface area contributed by atoms with Gasteiger partial charge in [0.25, 0.3) is 0 Å². The molecule has 2 N–H and O–H groups in total. The van der Waals surface area contributed by atoms with Gasteiger partial charge in [-0.3, -0.25) is 0 Å². The maximum absolute atomic E-state index is 8.98. The van der Waals surface area contributed by atoms with Gasteiger partial charge in [0.15, 0.2) is 0 Å². The van der Waals surface area contributed by atoms with Gasteiger partial charge in [-0.25, -0.2) is 0 Å². The molecular weight excluding hydrogens is 138 g/mol. The minimum atomic E-state index is -0.185. The molecule has 0 bridgehead atoms. The van der Waals surface area contributed by atoms with Crippen LogP contribution in [0.5, 0.6) is 0 Å². The van der Waals surface area contributed by atoms with Gasteiger partial charge in [-0.15, -0.1) is 0 Å². The van der Waals surface area contributed by atoms with Crippen molar-refractivity contribution >= 4 is 0 Å². The van der Waals surface area contributed by atoms with Crippen LogP contribution >= 0.6 is 0 Å². The Hall–Kier alpha value is -0.0800. The van der Waals surface area contributed by atoms with Gasteiger partial charge in [0, 0.05) is 5.54 Å². The highest BCUT2D eigenvalue weighted by molar-refractivity contribution is 4.74. The number of aliphatic hydroxyl groups excluding tert-OH is 1. The lowest BCUT2D eigenvalue weighted by atomic mass is 10.0. The Balaban J connectivity index is 3.38. The standard InChI is InChI=1S/C9H21NO/c1-5-9(3,4)10-7-6-8(2)11/h8,10-11H,5-7H2,1-4H3. The fraction of sp³-hybridized carbons (Fsp3) is 1.00. The molecule has 0 aromatic heterocycles. The zero-order valence-electron chi connectivity index (χ0n) is 8.15. The summed E-state index contributed by atoms with van der Waals surface area (Å²) in [5.74, 6) is 0. The van der Waals surface area contributed by atoms with Gasteiger partial charge in [0.1, 0.15) is 0 Å². The first kappa shape index (κ1) is 10.9. The molecule has 11 heavy (non-hydrogen) atoms. The molecule has 0 radical (unpaired) electrons. The quantitative estimate of drug-likeness (QED) is 0.637. The van der Waals surface area contributed by atoms with Crippen LogP contribution in [-0.2, 0) is 0 Å². The highest BCUT2D eigenvalue weighted by atomic mass is 16.3. The molecule has 0 saturated heterocycles. The molecule has 0 aromatic rings. The molecule has 2 nitrogen and oxygen atoms in total. The summed E-state index contributed by atoms with van der Waals surface area (Å²) in [6.45, 7) is 9.23. The van der Waals surface area contributed by atoms with Gasteiger partial charge in [-0.2, -0.15) is 0 Å². The average molecular weight is 159 g/mol. The zero-order chi connectivity index (χ0) is 8.91. The maximum Gasteiger partial charge on any atom is 0.0524 e. The van der Waals surface area contributed by atoms with Crippen molar-refractivity contribution in [3.8, 4) is 0 Å². The third-order valence-corrected chi connectivity index (χ3v) is 2.05. The highest BCUT2D eigenvalue weighted by Crippen LogP contribution is 2.06. The van der Waals surface area contributed by atoms with Crippen LogP contribution in [0.1, 0.15) is 40.5 Å². The van der Waals surface area contributed by atoms with Crippen molar-refractivity contribution < 1.29 is 5.11 Å². The molecule has 0 aliphatic rings. The SMILES string of the molecule is CCC(C)(C)NCCC(C)O. The van der Waals surface area contributed by atoms with E-state index in [0.29, 0.717) is 0 Å². The molecule has 0 heterocycles. The van der Waals surface area contributed by atoms with Crippen LogP contribution in [0.3, 0.4) is 0 Å². The molecule has 1 unspecified atom stereocenters. The molecule has 0 amide bonds. The largest absolute Gasteiger partial charge is 0.393 e. The van der Waals surface area contributed by atoms with Crippen LogP contribution in [0, 0.1) is 0 Å². The minimum absolute atomic E-state index is 0.185. The maximum atomic E-state index is 8.98. The van der Waals surface area contributed by atoms with Gasteiger partial charge in [-0.05, 0) is 40.2 Å². The highest BCUT2D eigenvalue weighted by Gasteiger charge is 2.12. The monoisotopic (exact) mass is 159 g/mol. The summed E-state index contributed by atoms with van der Waals surface area (Å²) in [7, 11) is 0. The second-order valence-electron chi connectivity index (χ2n) is 3.80. The van der Waals surface area contributed by atoms with E-state index in [1.165, 1.54) is 0 Å². The first-order valence-electron chi connectivity index (χ1n) is 4.41. The van der Waals surface area contributed by atoms with Crippen molar-refractivity contribution in [2.75, 3.05) is 6.54 Å². The Morgan fingerprint density at radius 3 is 2.36 bits per heavy atom. The number of nitrogens with one attached hydrogen (secondary N) is 1. The lowest BCUT2D eigenvalue weighted by molar-refractivity contribution is 0.179. The Kier molecular flexibility index (Phi) is 4.69. The molecule has 0 rings (SSSR count). The smallest absolute Gasteiger partial charge is 0.0524 e. The number of aliphatic hydroxyl groups is 1. The van der Waals surface area contributed by atoms with E-state index in [0.717, 1.165) is 19.4 Å². The van der Waals surface area contributed by atoms with E-state index in [1.54, 1.807) is 0 Å². The number of rotatable bonds is 5. The predicted molar refractivity (Wildman–Crippen MR) is 48.7 cm³/mol. The number of hydrogen-bond acceptors (Lipinski definition) is 2. The topological polar surface area (TPSA) is 32.3 Å². The van der Waals surface area contributed by atoms with E-state index >= 15 is 0 Å². The van der Waals surface area contributed by atoms with Crippen molar-refractivity contribution in [2.45, 2.75) is 52.2 Å². The van der Waals surface area contributed by atoms with Crippen LogP contribution in [-0.4, -0.2) is 23.3 Å². The summed E-state index contributed by atoms with van der Waals surface area (Å²) in [4.78, 5) is 0. The normalized spacial score (nSPS) is 15.0. The molecule has 0 spiro atoms. The Morgan fingerprint density at radius 1 is 1.45 bits per heavy atom. The van der Waals surface area contributed by atoms with Crippen molar-refractivity contribution in [3.05, 3.63) is 0 Å². The summed E-state index contributed by atoms with van der Waals surface area (Å²) in [5, 5.41) is 12.4. The second-order valence-corrected chi connectivity index (χ2v) is 3.80. The van der Waals surface area contributed by atoms with Gasteiger partial charge >= 0.3 is 0 Å². The lowest BCUT2D eigenvalue weighted by Gasteiger charge is -2.24. The molecule has 0 aliphatic carbocycles. The van der Waals surface area contributed by atoms with E-state index in [1.807, 2.05) is 6.92 Å². The molecule has 0 saturated carbocycles. The first-order chi connectivity index (χ1) is 4.98. The third-order valence-electron chi connectivity index (χ3n) is 2.05. The third kappa shape index (κ3) is 6.32. The summed E-state index contributed by atoms with van der Waals surface area (Å²) < 4.78 is 0. The average Bonchev–Trinajstić information content (AvgIpc) is 1.87. The van der Waals surface area contributed by atoms with Crippen LogP contribution < -0.4 is 5.32 Å². The Labute approximate surface area is 70.0 Å². The molecule has 0 aliphatic heterocycles. The van der Waals surface area contributed by atoms with Gasteiger partial charge in [0.2, 0.25) is 0 Å². The Morgan fingerprint density at radius 2 is 2.00 bits per heavy atom. The molecule has 2 heteroatoms. The summed E-state index contributed by atoms with van der Waals surface area (Å²) in [5.41, 5.74) is 0.217. The first-order valence-corrected chi connectivity index (χ1v) is 4.41. The van der Waals surface area contributed by atoms with Gasteiger partial charge in [0.05, 0.1) is 6.10 Å². The van der Waals surface area contributed by atoms with E-state index in [4.69, 9.17) is 5.11 Å². The van der Waals surface area contributed by atoms with Crippen LogP contribution in [0.4, 0.5) is 0 Å². The minimum Gasteiger partial charge on any atom is -0.393 e. The van der Waals surface area contributed by atoms with Gasteiger partial charge in [-0.1, -0.05) is 6.92 Å². The fourth-order valence-corrected chi connectivity index (χ4v) is 0.744. The fourth-order valence-electron chi connectivity index (χ4n) is 0.744. The lowest BCUT2D eigenvalue weighted by Crippen LogP contribution is -2.39. The van der Waals surface area contributed by atoms with Crippen molar-refractivity contribution in [1.29, 1.82) is 0 Å². The summed E-state index contributed by atoms with van der Waals surface area (Å²) in [6, 6.07) is 0. The number of hydrogen-bond donors (Lipinski definition) is 2. The molecule has 0 fully saturated rings. The molecule has 68 valence electrons. The van der Waals surface area contributed by atoms with Crippen LogP contribution in [0.25, 0.3) is 0 Å². The van der Waals surface area contributed by atoms with E-state index in [2.05, 4.69) is 26.1 Å². The second kappa shape index (κ2) is 4.73. The van der Waals surface area contributed by atoms with Crippen molar-refractivity contribution in [1.82, 2.24) is 5.32 Å². The molecular formula is C9H21NO. The van der Waals surface area contributed by atoms with Crippen molar-refractivity contribution in [3.63, 3.8) is 0 Å². The van der Waals surface area contributed by atoms with Crippen molar-refractivity contribution in [2.24, 2.45) is 0 Å². The predicted octanol–water partition coefficient (Wildman–Crippen LogP) is 1.54. The van der Waals surface area contributed by atoms with E-state index in [9.17, 15) is 0 Å². The van der Waals surface area contributed by atoms with Crippen LogP contribution in [0.2, 0.25) is 0 Å². The van der Waals surface area contributed by atoms with E-state index < -0.39 is 0 Å². The molecule has 0 aromatic carbocycles. The summed E-state index contributed by atoms with van der Waals surface area (Å²) >= 11 is 0. The Bertz CT molecular complexity index is 99.7. The molecule has 1 atom stereocenters. The van der Waals surface area contributed by atoms with Gasteiger partial charge < -0.3 is 10.4 Å². The van der Waals surface area contributed by atoms with E-state index in [-0.39, 0.29) is 11.6 Å². The summed E-state index contributed by atoms with van der Waals surface area (Å²) in [6.07, 6.45) is 1.77. The zero-order valence-corrected chi connectivity index (χ0v) is 8.15.